The second kappa shape index (κ2) is 7.04. The van der Waals surface area contributed by atoms with Crippen molar-refractivity contribution in [1.82, 2.24) is 4.90 Å². The summed E-state index contributed by atoms with van der Waals surface area (Å²) in [5.74, 6) is 1.80. The molecule has 0 bridgehead atoms. The van der Waals surface area contributed by atoms with Crippen molar-refractivity contribution in [2.75, 3.05) is 20.2 Å². The smallest absolute Gasteiger partial charge is 0.119 e. The second-order valence-corrected chi connectivity index (χ2v) is 6.09. The summed E-state index contributed by atoms with van der Waals surface area (Å²) in [5, 5.41) is 0. The average molecular weight is 292 g/mol. The van der Waals surface area contributed by atoms with Gasteiger partial charge in [0.25, 0.3) is 0 Å². The van der Waals surface area contributed by atoms with Gasteiger partial charge in [-0.25, -0.2) is 0 Å². The van der Waals surface area contributed by atoms with Gasteiger partial charge in [0, 0.05) is 18.2 Å². The first-order chi connectivity index (χ1) is 9.58. The largest absolute Gasteiger partial charge is 0.494 e. The van der Waals surface area contributed by atoms with Gasteiger partial charge in [0.2, 0.25) is 0 Å². The van der Waals surface area contributed by atoms with Crippen LogP contribution in [-0.2, 0) is 0 Å². The molecule has 0 spiro atoms. The highest BCUT2D eigenvalue weighted by atomic mass is 32.1. The summed E-state index contributed by atoms with van der Waals surface area (Å²) >= 11 is 4.92. The highest BCUT2D eigenvalue weighted by molar-refractivity contribution is 7.80. The van der Waals surface area contributed by atoms with Gasteiger partial charge in [0.15, 0.2) is 0 Å². The van der Waals surface area contributed by atoms with Crippen molar-refractivity contribution in [3.8, 4) is 5.75 Å². The fourth-order valence-electron chi connectivity index (χ4n) is 2.36. The SMILES string of the molecule is CC(C1CC1)N(C)CCCOc1ccc(C(N)=S)cc1. The summed E-state index contributed by atoms with van der Waals surface area (Å²) in [6.45, 7) is 4.16. The quantitative estimate of drug-likeness (QED) is 0.591. The fraction of sp³-hybridized carbons (Fsp3) is 0.562. The molecule has 1 fully saturated rings. The number of rotatable bonds is 8. The van der Waals surface area contributed by atoms with Crippen molar-refractivity contribution >= 4 is 17.2 Å². The lowest BCUT2D eigenvalue weighted by atomic mass is 10.2. The van der Waals surface area contributed by atoms with Gasteiger partial charge in [-0.1, -0.05) is 12.2 Å². The monoisotopic (exact) mass is 292 g/mol. The van der Waals surface area contributed by atoms with Gasteiger partial charge in [0.1, 0.15) is 10.7 Å². The third-order valence-electron chi connectivity index (χ3n) is 4.06. The topological polar surface area (TPSA) is 38.5 Å². The van der Waals surface area contributed by atoms with Crippen molar-refractivity contribution < 1.29 is 4.74 Å². The summed E-state index contributed by atoms with van der Waals surface area (Å²) in [4.78, 5) is 2.86. The van der Waals surface area contributed by atoms with Crippen LogP contribution in [-0.4, -0.2) is 36.1 Å². The molecular weight excluding hydrogens is 268 g/mol. The second-order valence-electron chi connectivity index (χ2n) is 5.65. The van der Waals surface area contributed by atoms with E-state index in [1.807, 2.05) is 24.3 Å². The van der Waals surface area contributed by atoms with Gasteiger partial charge in [0.05, 0.1) is 6.61 Å². The van der Waals surface area contributed by atoms with Gasteiger partial charge in [-0.3, -0.25) is 0 Å². The van der Waals surface area contributed by atoms with E-state index >= 15 is 0 Å². The van der Waals surface area contributed by atoms with E-state index in [1.165, 1.54) is 12.8 Å². The Balaban J connectivity index is 1.66. The molecule has 1 aromatic rings. The van der Waals surface area contributed by atoms with Gasteiger partial charge in [-0.15, -0.1) is 0 Å². The molecule has 0 amide bonds. The fourth-order valence-corrected chi connectivity index (χ4v) is 2.50. The minimum atomic E-state index is 0.423. The van der Waals surface area contributed by atoms with Crippen molar-refractivity contribution in [3.63, 3.8) is 0 Å². The predicted molar refractivity (Wildman–Crippen MR) is 87.3 cm³/mol. The molecule has 1 aromatic carbocycles. The molecule has 2 rings (SSSR count). The molecule has 110 valence electrons. The van der Waals surface area contributed by atoms with Crippen LogP contribution in [0.4, 0.5) is 0 Å². The first kappa shape index (κ1) is 15.3. The summed E-state index contributed by atoms with van der Waals surface area (Å²) in [5.41, 5.74) is 6.44. The van der Waals surface area contributed by atoms with E-state index in [0.717, 1.165) is 36.8 Å². The number of ether oxygens (including phenoxy) is 1. The third-order valence-corrected chi connectivity index (χ3v) is 4.30. The van der Waals surface area contributed by atoms with Gasteiger partial charge in [-0.2, -0.15) is 0 Å². The maximum atomic E-state index is 5.74. The highest BCUT2D eigenvalue weighted by Gasteiger charge is 2.29. The summed E-state index contributed by atoms with van der Waals surface area (Å²) < 4.78 is 5.74. The molecule has 1 aliphatic rings. The minimum Gasteiger partial charge on any atom is -0.494 e. The number of hydrogen-bond donors (Lipinski definition) is 1. The van der Waals surface area contributed by atoms with Crippen molar-refractivity contribution in [3.05, 3.63) is 29.8 Å². The number of thiocarbonyl (C=S) groups is 1. The van der Waals surface area contributed by atoms with Crippen LogP contribution >= 0.6 is 12.2 Å². The standard InChI is InChI=1S/C16H24N2OS/c1-12(13-4-5-13)18(2)10-3-11-19-15-8-6-14(7-9-15)16(17)20/h6-9,12-13H,3-5,10-11H2,1-2H3,(H2,17,20). The molecule has 1 aliphatic carbocycles. The Morgan fingerprint density at radius 1 is 1.40 bits per heavy atom. The first-order valence-corrected chi connectivity index (χ1v) is 7.71. The van der Waals surface area contributed by atoms with Gasteiger partial charge < -0.3 is 15.4 Å². The molecule has 0 radical (unpaired) electrons. The zero-order chi connectivity index (χ0) is 14.5. The number of hydrogen-bond acceptors (Lipinski definition) is 3. The van der Waals surface area contributed by atoms with Gasteiger partial charge >= 0.3 is 0 Å². The van der Waals surface area contributed by atoms with Crippen LogP contribution in [0.2, 0.25) is 0 Å². The molecule has 0 aromatic heterocycles. The predicted octanol–water partition coefficient (Wildman–Crippen LogP) is 2.82. The van der Waals surface area contributed by atoms with Crippen LogP contribution < -0.4 is 10.5 Å². The maximum Gasteiger partial charge on any atom is 0.119 e. The number of benzene rings is 1. The Kier molecular flexibility index (Phi) is 5.38. The molecule has 1 unspecified atom stereocenters. The molecule has 20 heavy (non-hydrogen) atoms. The van der Waals surface area contributed by atoms with E-state index in [-0.39, 0.29) is 0 Å². The summed E-state index contributed by atoms with van der Waals surface area (Å²) in [6.07, 6.45) is 3.85. The lowest BCUT2D eigenvalue weighted by molar-refractivity contribution is 0.209. The number of nitrogens with zero attached hydrogens (tertiary/aromatic N) is 1. The van der Waals surface area contributed by atoms with E-state index < -0.39 is 0 Å². The van der Waals surface area contributed by atoms with Crippen molar-refractivity contribution in [2.45, 2.75) is 32.2 Å². The van der Waals surface area contributed by atoms with Gasteiger partial charge in [-0.05, 0) is 63.4 Å². The molecule has 1 saturated carbocycles. The van der Waals surface area contributed by atoms with Crippen LogP contribution in [0.15, 0.2) is 24.3 Å². The molecule has 0 heterocycles. The van der Waals surface area contributed by atoms with Crippen molar-refractivity contribution in [2.24, 2.45) is 11.7 Å². The first-order valence-electron chi connectivity index (χ1n) is 7.31. The zero-order valence-corrected chi connectivity index (χ0v) is 13.2. The van der Waals surface area contributed by atoms with Crippen LogP contribution in [0.1, 0.15) is 31.7 Å². The van der Waals surface area contributed by atoms with Crippen LogP contribution in [0.25, 0.3) is 0 Å². The van der Waals surface area contributed by atoms with Crippen LogP contribution in [0.3, 0.4) is 0 Å². The normalized spacial score (nSPS) is 16.1. The van der Waals surface area contributed by atoms with E-state index in [0.29, 0.717) is 11.0 Å². The molecule has 3 nitrogen and oxygen atoms in total. The lowest BCUT2D eigenvalue weighted by Crippen LogP contribution is -2.32. The third kappa shape index (κ3) is 4.46. The summed E-state index contributed by atoms with van der Waals surface area (Å²) in [7, 11) is 2.21. The van der Waals surface area contributed by atoms with Crippen molar-refractivity contribution in [1.29, 1.82) is 0 Å². The zero-order valence-electron chi connectivity index (χ0n) is 12.3. The molecule has 4 heteroatoms. The maximum absolute atomic E-state index is 5.74. The highest BCUT2D eigenvalue weighted by Crippen LogP contribution is 2.34. The Labute approximate surface area is 127 Å². The Bertz CT molecular complexity index is 442. The van der Waals surface area contributed by atoms with E-state index in [9.17, 15) is 0 Å². The molecule has 1 atom stereocenters. The Hall–Kier alpha value is -1.13. The lowest BCUT2D eigenvalue weighted by Gasteiger charge is -2.24. The molecular formula is C16H24N2OS. The Morgan fingerprint density at radius 3 is 2.60 bits per heavy atom. The van der Waals surface area contributed by atoms with E-state index in [1.54, 1.807) is 0 Å². The van der Waals surface area contributed by atoms with E-state index in [2.05, 4.69) is 18.9 Å². The minimum absolute atomic E-state index is 0.423. The molecule has 0 saturated heterocycles. The average Bonchev–Trinajstić information content (AvgIpc) is 3.27. The number of nitrogens with two attached hydrogens (primary N) is 1. The summed E-state index contributed by atoms with van der Waals surface area (Å²) in [6, 6.07) is 8.35. The van der Waals surface area contributed by atoms with Crippen LogP contribution in [0.5, 0.6) is 5.75 Å². The Morgan fingerprint density at radius 2 is 2.05 bits per heavy atom. The molecule has 2 N–H and O–H groups in total. The van der Waals surface area contributed by atoms with E-state index in [4.69, 9.17) is 22.7 Å². The molecule has 0 aliphatic heterocycles. The van der Waals surface area contributed by atoms with Crippen LogP contribution in [0, 0.1) is 5.92 Å².